The van der Waals surface area contributed by atoms with Gasteiger partial charge >= 0.3 is 0 Å². The number of hydrogen-bond acceptors (Lipinski definition) is 2. The Labute approximate surface area is 101 Å². The van der Waals surface area contributed by atoms with Gasteiger partial charge in [0.2, 0.25) is 0 Å². The molecule has 0 saturated heterocycles. The van der Waals surface area contributed by atoms with Gasteiger partial charge in [-0.1, -0.05) is 18.9 Å². The van der Waals surface area contributed by atoms with Gasteiger partial charge in [-0.25, -0.2) is 0 Å². The van der Waals surface area contributed by atoms with Gasteiger partial charge in [0.1, 0.15) is 0 Å². The molecule has 2 rings (SSSR count). The van der Waals surface area contributed by atoms with Gasteiger partial charge in [0.25, 0.3) is 0 Å². The molecule has 0 radical (unpaired) electrons. The number of aliphatic imine (C=N–C) groups is 1. The largest absolute Gasteiger partial charge is 0.370 e. The summed E-state index contributed by atoms with van der Waals surface area (Å²) in [6, 6.07) is 4.38. The van der Waals surface area contributed by atoms with E-state index < -0.39 is 0 Å². The van der Waals surface area contributed by atoms with Gasteiger partial charge in [-0.3, -0.25) is 4.99 Å². The predicted octanol–water partition coefficient (Wildman–Crippen LogP) is 2.09. The lowest BCUT2D eigenvalue weighted by Crippen LogP contribution is -2.41. The van der Waals surface area contributed by atoms with Crippen molar-refractivity contribution in [1.82, 2.24) is 5.32 Å². The lowest BCUT2D eigenvalue weighted by atomic mass is 9.84. The van der Waals surface area contributed by atoms with Crippen molar-refractivity contribution in [1.29, 1.82) is 0 Å². The molecule has 1 aliphatic carbocycles. The van der Waals surface area contributed by atoms with Gasteiger partial charge in [-0.05, 0) is 24.3 Å². The Bertz CT molecular complexity index is 350. The summed E-state index contributed by atoms with van der Waals surface area (Å²) in [6.07, 6.45) is 5.17. The van der Waals surface area contributed by atoms with Crippen molar-refractivity contribution in [3.05, 3.63) is 22.4 Å². The minimum absolute atomic E-state index is 0.295. The average Bonchev–Trinajstić information content (AvgIpc) is 2.96. The first-order valence-corrected chi connectivity index (χ1v) is 6.65. The smallest absolute Gasteiger partial charge is 0.188 e. The Morgan fingerprint density at radius 3 is 2.88 bits per heavy atom. The number of thiophene rings is 1. The molecule has 1 fully saturated rings. The third-order valence-corrected chi connectivity index (χ3v) is 4.57. The van der Waals surface area contributed by atoms with Crippen molar-refractivity contribution < 1.29 is 0 Å². The molecule has 0 aromatic carbocycles. The van der Waals surface area contributed by atoms with Crippen LogP contribution in [0.25, 0.3) is 0 Å². The van der Waals surface area contributed by atoms with Crippen LogP contribution in [-0.2, 0) is 5.41 Å². The molecule has 0 unspecified atom stereocenters. The summed E-state index contributed by atoms with van der Waals surface area (Å²) < 4.78 is 0. The molecule has 0 spiro atoms. The Morgan fingerprint density at radius 1 is 1.56 bits per heavy atom. The van der Waals surface area contributed by atoms with E-state index in [0.717, 1.165) is 6.54 Å². The van der Waals surface area contributed by atoms with Crippen LogP contribution in [0.15, 0.2) is 22.5 Å². The fourth-order valence-electron chi connectivity index (χ4n) is 2.48. The molecule has 1 aromatic heterocycles. The summed E-state index contributed by atoms with van der Waals surface area (Å²) in [5, 5.41) is 5.40. The molecule has 1 aromatic rings. The van der Waals surface area contributed by atoms with Crippen molar-refractivity contribution in [2.75, 3.05) is 13.6 Å². The van der Waals surface area contributed by atoms with Gasteiger partial charge in [0, 0.05) is 23.9 Å². The highest BCUT2D eigenvalue weighted by Crippen LogP contribution is 2.42. The summed E-state index contributed by atoms with van der Waals surface area (Å²) in [5.74, 6) is 0.544. The highest BCUT2D eigenvalue weighted by Gasteiger charge is 2.36. The monoisotopic (exact) mass is 237 g/mol. The quantitative estimate of drug-likeness (QED) is 0.625. The number of nitrogens with zero attached hydrogens (tertiary/aromatic N) is 1. The molecular weight excluding hydrogens is 218 g/mol. The highest BCUT2D eigenvalue weighted by molar-refractivity contribution is 7.10. The zero-order valence-electron chi connectivity index (χ0n) is 9.70. The van der Waals surface area contributed by atoms with Gasteiger partial charge in [-0.15, -0.1) is 11.3 Å². The molecule has 1 saturated carbocycles. The van der Waals surface area contributed by atoms with E-state index in [2.05, 4.69) is 27.8 Å². The Kier molecular flexibility index (Phi) is 3.49. The standard InChI is InChI=1S/C12H19N3S/c1-14-11(13)15-9-12(6-2-3-7-12)10-5-4-8-16-10/h4-5,8H,2-3,6-7,9H2,1H3,(H3,13,14,15). The second-order valence-electron chi connectivity index (χ2n) is 4.43. The minimum Gasteiger partial charge on any atom is -0.370 e. The minimum atomic E-state index is 0.295. The molecule has 3 nitrogen and oxygen atoms in total. The summed E-state index contributed by atoms with van der Waals surface area (Å²) in [6.45, 7) is 0.913. The van der Waals surface area contributed by atoms with Crippen LogP contribution in [0.1, 0.15) is 30.6 Å². The lowest BCUT2D eigenvalue weighted by molar-refractivity contribution is 0.442. The zero-order valence-corrected chi connectivity index (χ0v) is 10.5. The fourth-order valence-corrected chi connectivity index (χ4v) is 3.47. The fraction of sp³-hybridized carbons (Fsp3) is 0.583. The van der Waals surface area contributed by atoms with Crippen molar-refractivity contribution >= 4 is 17.3 Å². The van der Waals surface area contributed by atoms with E-state index in [-0.39, 0.29) is 0 Å². The van der Waals surface area contributed by atoms with Crippen molar-refractivity contribution in [3.63, 3.8) is 0 Å². The van der Waals surface area contributed by atoms with Crippen LogP contribution in [0.4, 0.5) is 0 Å². The van der Waals surface area contributed by atoms with Crippen LogP contribution in [0.5, 0.6) is 0 Å². The van der Waals surface area contributed by atoms with Gasteiger partial charge in [0.15, 0.2) is 5.96 Å². The van der Waals surface area contributed by atoms with Gasteiger partial charge in [0.05, 0.1) is 0 Å². The second kappa shape index (κ2) is 4.87. The molecule has 0 atom stereocenters. The molecular formula is C12H19N3S. The SMILES string of the molecule is CN=C(N)NCC1(c2cccs2)CCCC1. The Morgan fingerprint density at radius 2 is 2.31 bits per heavy atom. The first-order chi connectivity index (χ1) is 7.77. The lowest BCUT2D eigenvalue weighted by Gasteiger charge is -2.28. The van der Waals surface area contributed by atoms with Gasteiger partial charge < -0.3 is 11.1 Å². The van der Waals surface area contributed by atoms with E-state index in [1.54, 1.807) is 7.05 Å². The maximum absolute atomic E-state index is 5.71. The van der Waals surface area contributed by atoms with Crippen molar-refractivity contribution in [2.45, 2.75) is 31.1 Å². The van der Waals surface area contributed by atoms with Crippen LogP contribution < -0.4 is 11.1 Å². The first-order valence-electron chi connectivity index (χ1n) is 5.77. The van der Waals surface area contributed by atoms with E-state index in [1.807, 2.05) is 11.3 Å². The second-order valence-corrected chi connectivity index (χ2v) is 5.37. The average molecular weight is 237 g/mol. The van der Waals surface area contributed by atoms with E-state index >= 15 is 0 Å². The van der Waals surface area contributed by atoms with Crippen LogP contribution in [0, 0.1) is 0 Å². The number of hydrogen-bond donors (Lipinski definition) is 2. The molecule has 16 heavy (non-hydrogen) atoms. The normalized spacial score (nSPS) is 19.9. The van der Waals surface area contributed by atoms with Crippen LogP contribution >= 0.6 is 11.3 Å². The third kappa shape index (κ3) is 2.21. The number of rotatable bonds is 3. The summed E-state index contributed by atoms with van der Waals surface area (Å²) in [7, 11) is 1.72. The number of nitrogens with two attached hydrogens (primary N) is 1. The topological polar surface area (TPSA) is 50.4 Å². The molecule has 1 aliphatic rings. The Balaban J connectivity index is 2.11. The summed E-state index contributed by atoms with van der Waals surface area (Å²) >= 11 is 1.86. The molecule has 0 aliphatic heterocycles. The highest BCUT2D eigenvalue weighted by atomic mass is 32.1. The summed E-state index contributed by atoms with van der Waals surface area (Å²) in [4.78, 5) is 5.44. The maximum atomic E-state index is 5.71. The van der Waals surface area contributed by atoms with E-state index in [0.29, 0.717) is 11.4 Å². The number of nitrogens with one attached hydrogen (secondary N) is 1. The van der Waals surface area contributed by atoms with Crippen LogP contribution in [0.3, 0.4) is 0 Å². The summed E-state index contributed by atoms with van der Waals surface area (Å²) in [5.41, 5.74) is 6.00. The Hall–Kier alpha value is -1.03. The molecule has 0 amide bonds. The third-order valence-electron chi connectivity index (χ3n) is 3.45. The zero-order chi connectivity index (χ0) is 11.4. The van der Waals surface area contributed by atoms with E-state index in [1.165, 1.54) is 30.6 Å². The van der Waals surface area contributed by atoms with Crippen molar-refractivity contribution in [3.8, 4) is 0 Å². The predicted molar refractivity (Wildman–Crippen MR) is 70.0 cm³/mol. The molecule has 0 bridgehead atoms. The first kappa shape index (κ1) is 11.5. The molecule has 3 N–H and O–H groups in total. The molecule has 88 valence electrons. The number of guanidine groups is 1. The maximum Gasteiger partial charge on any atom is 0.188 e. The van der Waals surface area contributed by atoms with Crippen LogP contribution in [0.2, 0.25) is 0 Å². The molecule has 1 heterocycles. The van der Waals surface area contributed by atoms with Gasteiger partial charge in [-0.2, -0.15) is 0 Å². The molecule has 4 heteroatoms. The van der Waals surface area contributed by atoms with E-state index in [9.17, 15) is 0 Å². The van der Waals surface area contributed by atoms with E-state index in [4.69, 9.17) is 5.73 Å². The van der Waals surface area contributed by atoms with Crippen LogP contribution in [-0.4, -0.2) is 19.6 Å². The van der Waals surface area contributed by atoms with Crippen molar-refractivity contribution in [2.24, 2.45) is 10.7 Å².